The second-order valence-electron chi connectivity index (χ2n) is 4.53. The van der Waals surface area contributed by atoms with E-state index in [0.717, 1.165) is 35.4 Å². The fourth-order valence-corrected chi connectivity index (χ4v) is 2.43. The number of benzene rings is 1. The number of nitrogens with one attached hydrogen (secondary N) is 1. The fourth-order valence-electron chi connectivity index (χ4n) is 2.43. The number of hydrogen-bond donors (Lipinski definition) is 1. The van der Waals surface area contributed by atoms with Crippen molar-refractivity contribution in [2.75, 3.05) is 43.6 Å². The zero-order valence-electron chi connectivity index (χ0n) is 10.8. The molecule has 0 bridgehead atoms. The summed E-state index contributed by atoms with van der Waals surface area (Å²) in [6, 6.07) is 4.82. The standard InChI is InChI=1S/C14H16FN3O/c1-16-13-9-17-14(18-4-6-19-7-5-18)12-8-10(15)2-3-11(12)13/h2-3,8-9,16H,4-7H2,1H3. The molecule has 0 unspecified atom stereocenters. The molecule has 1 N–H and O–H groups in total. The van der Waals surface area contributed by atoms with Gasteiger partial charge in [-0.3, -0.25) is 0 Å². The molecule has 5 heteroatoms. The summed E-state index contributed by atoms with van der Waals surface area (Å²) in [5.41, 5.74) is 0.909. The minimum Gasteiger partial charge on any atom is -0.386 e. The van der Waals surface area contributed by atoms with Crippen molar-refractivity contribution in [2.45, 2.75) is 0 Å². The van der Waals surface area contributed by atoms with E-state index in [4.69, 9.17) is 4.74 Å². The summed E-state index contributed by atoms with van der Waals surface area (Å²) >= 11 is 0. The van der Waals surface area contributed by atoms with Gasteiger partial charge in [-0.15, -0.1) is 0 Å². The van der Waals surface area contributed by atoms with Crippen LogP contribution < -0.4 is 10.2 Å². The molecule has 3 rings (SSSR count). The molecular formula is C14H16FN3O. The Labute approximate surface area is 111 Å². The summed E-state index contributed by atoms with van der Waals surface area (Å²) in [6.07, 6.45) is 1.80. The Morgan fingerprint density at radius 3 is 2.79 bits per heavy atom. The van der Waals surface area contributed by atoms with Crippen LogP contribution in [0.3, 0.4) is 0 Å². The van der Waals surface area contributed by atoms with Crippen molar-refractivity contribution >= 4 is 22.3 Å². The van der Waals surface area contributed by atoms with Gasteiger partial charge in [0.1, 0.15) is 11.6 Å². The van der Waals surface area contributed by atoms with Gasteiger partial charge in [-0.05, 0) is 18.2 Å². The first-order valence-electron chi connectivity index (χ1n) is 6.38. The lowest BCUT2D eigenvalue weighted by Gasteiger charge is -2.29. The molecule has 0 aliphatic carbocycles. The van der Waals surface area contributed by atoms with Gasteiger partial charge in [-0.2, -0.15) is 0 Å². The van der Waals surface area contributed by atoms with Crippen molar-refractivity contribution in [3.8, 4) is 0 Å². The van der Waals surface area contributed by atoms with Crippen molar-refractivity contribution in [3.05, 3.63) is 30.2 Å². The number of pyridine rings is 1. The Kier molecular flexibility index (Phi) is 3.21. The molecule has 0 atom stereocenters. The number of rotatable bonds is 2. The second-order valence-corrected chi connectivity index (χ2v) is 4.53. The smallest absolute Gasteiger partial charge is 0.136 e. The van der Waals surface area contributed by atoms with Gasteiger partial charge < -0.3 is 15.0 Å². The van der Waals surface area contributed by atoms with Crippen molar-refractivity contribution in [2.24, 2.45) is 0 Å². The first-order valence-corrected chi connectivity index (χ1v) is 6.38. The molecule has 19 heavy (non-hydrogen) atoms. The molecule has 2 heterocycles. The molecule has 1 aliphatic heterocycles. The highest BCUT2D eigenvalue weighted by Gasteiger charge is 2.16. The van der Waals surface area contributed by atoms with Gasteiger partial charge in [-0.25, -0.2) is 9.37 Å². The summed E-state index contributed by atoms with van der Waals surface area (Å²) in [4.78, 5) is 6.63. The van der Waals surface area contributed by atoms with Crippen LogP contribution in [0.5, 0.6) is 0 Å². The fraction of sp³-hybridized carbons (Fsp3) is 0.357. The van der Waals surface area contributed by atoms with Gasteiger partial charge in [0.25, 0.3) is 0 Å². The Morgan fingerprint density at radius 2 is 2.05 bits per heavy atom. The lowest BCUT2D eigenvalue weighted by molar-refractivity contribution is 0.122. The Balaban J connectivity index is 2.15. The average molecular weight is 261 g/mol. The number of ether oxygens (including phenoxy) is 1. The molecule has 1 fully saturated rings. The number of fused-ring (bicyclic) bond motifs is 1. The van der Waals surface area contributed by atoms with Crippen LogP contribution in [0.1, 0.15) is 0 Å². The summed E-state index contributed by atoms with van der Waals surface area (Å²) in [6.45, 7) is 2.95. The zero-order chi connectivity index (χ0) is 13.2. The maximum Gasteiger partial charge on any atom is 0.136 e. The summed E-state index contributed by atoms with van der Waals surface area (Å²) in [5, 5.41) is 4.92. The molecule has 4 nitrogen and oxygen atoms in total. The topological polar surface area (TPSA) is 37.4 Å². The van der Waals surface area contributed by atoms with Gasteiger partial charge >= 0.3 is 0 Å². The molecule has 1 aromatic heterocycles. The van der Waals surface area contributed by atoms with Crippen LogP contribution in [0.25, 0.3) is 10.8 Å². The highest BCUT2D eigenvalue weighted by atomic mass is 19.1. The maximum atomic E-state index is 13.5. The molecule has 0 spiro atoms. The lowest BCUT2D eigenvalue weighted by atomic mass is 10.1. The summed E-state index contributed by atoms with van der Waals surface area (Å²) in [5.74, 6) is 0.592. The molecule has 1 saturated heterocycles. The van der Waals surface area contributed by atoms with Crippen LogP contribution in [0.4, 0.5) is 15.9 Å². The predicted molar refractivity (Wildman–Crippen MR) is 74.3 cm³/mol. The quantitative estimate of drug-likeness (QED) is 0.899. The third-order valence-electron chi connectivity index (χ3n) is 3.41. The highest BCUT2D eigenvalue weighted by molar-refractivity contribution is 6.00. The van der Waals surface area contributed by atoms with E-state index in [-0.39, 0.29) is 5.82 Å². The van der Waals surface area contributed by atoms with E-state index in [1.807, 2.05) is 7.05 Å². The number of halogens is 1. The van der Waals surface area contributed by atoms with E-state index >= 15 is 0 Å². The second kappa shape index (κ2) is 5.01. The minimum atomic E-state index is -0.239. The van der Waals surface area contributed by atoms with Crippen LogP contribution in [0.2, 0.25) is 0 Å². The maximum absolute atomic E-state index is 13.5. The van der Waals surface area contributed by atoms with Crippen LogP contribution in [-0.2, 0) is 4.74 Å². The molecule has 1 aliphatic rings. The largest absolute Gasteiger partial charge is 0.386 e. The Bertz CT molecular complexity index is 597. The van der Waals surface area contributed by atoms with Crippen molar-refractivity contribution < 1.29 is 9.13 Å². The van der Waals surface area contributed by atoms with Crippen LogP contribution in [-0.4, -0.2) is 38.3 Å². The average Bonchev–Trinajstić information content (AvgIpc) is 2.46. The molecular weight excluding hydrogens is 245 g/mol. The first-order chi connectivity index (χ1) is 9.29. The molecule has 0 saturated carbocycles. The van der Waals surface area contributed by atoms with Crippen LogP contribution >= 0.6 is 0 Å². The monoisotopic (exact) mass is 261 g/mol. The van der Waals surface area contributed by atoms with Crippen molar-refractivity contribution in [1.29, 1.82) is 0 Å². The lowest BCUT2D eigenvalue weighted by Crippen LogP contribution is -2.36. The number of nitrogens with zero attached hydrogens (tertiary/aromatic N) is 2. The van der Waals surface area contributed by atoms with Gasteiger partial charge in [0, 0.05) is 30.9 Å². The summed E-state index contributed by atoms with van der Waals surface area (Å²) in [7, 11) is 1.84. The number of hydrogen-bond acceptors (Lipinski definition) is 4. The summed E-state index contributed by atoms with van der Waals surface area (Å²) < 4.78 is 18.9. The van der Waals surface area contributed by atoms with Gasteiger partial charge in [0.15, 0.2) is 0 Å². The van der Waals surface area contributed by atoms with Gasteiger partial charge in [0.05, 0.1) is 25.1 Å². The highest BCUT2D eigenvalue weighted by Crippen LogP contribution is 2.30. The number of anilines is 2. The third kappa shape index (κ3) is 2.21. The first kappa shape index (κ1) is 12.2. The van der Waals surface area contributed by atoms with Crippen LogP contribution in [0.15, 0.2) is 24.4 Å². The molecule has 1 aromatic carbocycles. The van der Waals surface area contributed by atoms with Crippen molar-refractivity contribution in [3.63, 3.8) is 0 Å². The van der Waals surface area contributed by atoms with E-state index in [1.165, 1.54) is 6.07 Å². The zero-order valence-corrected chi connectivity index (χ0v) is 10.8. The number of aromatic nitrogens is 1. The Morgan fingerprint density at radius 1 is 1.26 bits per heavy atom. The van der Waals surface area contributed by atoms with Gasteiger partial charge in [0.2, 0.25) is 0 Å². The van der Waals surface area contributed by atoms with E-state index in [0.29, 0.717) is 13.2 Å². The van der Waals surface area contributed by atoms with Gasteiger partial charge in [-0.1, -0.05) is 0 Å². The molecule has 0 amide bonds. The molecule has 0 radical (unpaired) electrons. The third-order valence-corrected chi connectivity index (χ3v) is 3.41. The van der Waals surface area contributed by atoms with E-state index in [2.05, 4.69) is 15.2 Å². The number of morpholine rings is 1. The van der Waals surface area contributed by atoms with E-state index < -0.39 is 0 Å². The van der Waals surface area contributed by atoms with Crippen LogP contribution in [0, 0.1) is 5.82 Å². The van der Waals surface area contributed by atoms with E-state index in [1.54, 1.807) is 18.3 Å². The SMILES string of the molecule is CNc1cnc(N2CCOCC2)c2cc(F)ccc12. The predicted octanol–water partition coefficient (Wildman–Crippen LogP) is 2.25. The van der Waals surface area contributed by atoms with Crippen molar-refractivity contribution in [1.82, 2.24) is 4.98 Å². The van der Waals surface area contributed by atoms with E-state index in [9.17, 15) is 4.39 Å². The Hall–Kier alpha value is -1.88. The normalized spacial score (nSPS) is 15.8. The minimum absolute atomic E-state index is 0.239. The molecule has 100 valence electrons. The molecule has 2 aromatic rings.